The highest BCUT2D eigenvalue weighted by molar-refractivity contribution is 6.06. The van der Waals surface area contributed by atoms with E-state index in [1.54, 1.807) is 6.08 Å². The minimum Gasteiger partial charge on any atom is -0.468 e. The maximum absolute atomic E-state index is 12.2. The van der Waals surface area contributed by atoms with Crippen LogP contribution in [0.15, 0.2) is 5.57 Å². The van der Waals surface area contributed by atoms with Crippen molar-refractivity contribution in [3.05, 3.63) is 39.0 Å². The first-order valence-corrected chi connectivity index (χ1v) is 6.83. The molecule has 0 saturated carbocycles. The number of hydrogen-bond donors (Lipinski definition) is 0. The van der Waals surface area contributed by atoms with E-state index in [1.807, 2.05) is 20.8 Å². The molecule has 112 valence electrons. The van der Waals surface area contributed by atoms with Gasteiger partial charge in [-0.3, -0.25) is 4.79 Å². The number of esters is 2. The lowest BCUT2D eigenvalue weighted by Crippen LogP contribution is -2.21. The third-order valence-corrected chi connectivity index (χ3v) is 4.54. The standard InChI is InChI=1S/C17H20O4/c1-8-9(2)11(4)14-12(10(8)3)7-13(16(18)20-5)15(14)17(19)21-6/h7,15H,1-6H3. The predicted octanol–water partition coefficient (Wildman–Crippen LogP) is 2.75. The van der Waals surface area contributed by atoms with E-state index in [4.69, 9.17) is 9.47 Å². The lowest BCUT2D eigenvalue weighted by molar-refractivity contribution is -0.144. The van der Waals surface area contributed by atoms with Crippen molar-refractivity contribution in [1.29, 1.82) is 0 Å². The van der Waals surface area contributed by atoms with Crippen LogP contribution >= 0.6 is 0 Å². The van der Waals surface area contributed by atoms with Crippen molar-refractivity contribution in [3.63, 3.8) is 0 Å². The van der Waals surface area contributed by atoms with Gasteiger partial charge in [-0.15, -0.1) is 0 Å². The van der Waals surface area contributed by atoms with Gasteiger partial charge in [0.1, 0.15) is 5.92 Å². The Bertz CT molecular complexity index is 668. The summed E-state index contributed by atoms with van der Waals surface area (Å²) in [5.74, 6) is -1.62. The zero-order valence-electron chi connectivity index (χ0n) is 13.3. The fraction of sp³-hybridized carbons (Fsp3) is 0.412. The van der Waals surface area contributed by atoms with Crippen molar-refractivity contribution < 1.29 is 19.1 Å². The second kappa shape index (κ2) is 5.35. The fourth-order valence-electron chi connectivity index (χ4n) is 2.98. The monoisotopic (exact) mass is 288 g/mol. The summed E-state index contributed by atoms with van der Waals surface area (Å²) >= 11 is 0. The fourth-order valence-corrected chi connectivity index (χ4v) is 2.98. The van der Waals surface area contributed by atoms with Gasteiger partial charge in [-0.25, -0.2) is 4.79 Å². The van der Waals surface area contributed by atoms with Crippen molar-refractivity contribution in [2.45, 2.75) is 33.6 Å². The van der Waals surface area contributed by atoms with Crippen LogP contribution in [0.4, 0.5) is 0 Å². The van der Waals surface area contributed by atoms with E-state index < -0.39 is 17.9 Å². The second-order valence-corrected chi connectivity index (χ2v) is 5.37. The number of rotatable bonds is 2. The van der Waals surface area contributed by atoms with E-state index in [1.165, 1.54) is 19.8 Å². The Morgan fingerprint density at radius 1 is 0.905 bits per heavy atom. The quantitative estimate of drug-likeness (QED) is 0.785. The molecule has 1 aliphatic rings. The second-order valence-electron chi connectivity index (χ2n) is 5.37. The molecule has 1 aliphatic carbocycles. The largest absolute Gasteiger partial charge is 0.468 e. The molecule has 0 heterocycles. The third kappa shape index (κ3) is 2.15. The SMILES string of the molecule is COC(=O)C1=Cc2c(C)c(C)c(C)c(C)c2C1C(=O)OC. The lowest BCUT2D eigenvalue weighted by Gasteiger charge is -2.19. The van der Waals surface area contributed by atoms with Crippen molar-refractivity contribution in [2.75, 3.05) is 14.2 Å². The molecular formula is C17H20O4. The molecule has 0 bridgehead atoms. The van der Waals surface area contributed by atoms with E-state index in [0.717, 1.165) is 27.8 Å². The number of fused-ring (bicyclic) bond motifs is 1. The molecule has 0 radical (unpaired) electrons. The molecule has 0 N–H and O–H groups in total. The normalized spacial score (nSPS) is 16.3. The van der Waals surface area contributed by atoms with Crippen LogP contribution in [0.2, 0.25) is 0 Å². The van der Waals surface area contributed by atoms with Crippen LogP contribution < -0.4 is 0 Å². The Balaban J connectivity index is 2.76. The summed E-state index contributed by atoms with van der Waals surface area (Å²) in [7, 11) is 2.65. The Labute approximate surface area is 124 Å². The van der Waals surface area contributed by atoms with E-state index in [9.17, 15) is 9.59 Å². The van der Waals surface area contributed by atoms with Crippen LogP contribution in [0.3, 0.4) is 0 Å². The van der Waals surface area contributed by atoms with Gasteiger partial charge in [-0.05, 0) is 67.2 Å². The van der Waals surface area contributed by atoms with E-state index >= 15 is 0 Å². The summed E-state index contributed by atoms with van der Waals surface area (Å²) in [4.78, 5) is 24.2. The van der Waals surface area contributed by atoms with Gasteiger partial charge in [-0.2, -0.15) is 0 Å². The molecule has 1 unspecified atom stereocenters. The number of benzene rings is 1. The molecule has 0 amide bonds. The van der Waals surface area contributed by atoms with Gasteiger partial charge in [0.15, 0.2) is 0 Å². The van der Waals surface area contributed by atoms with Gasteiger partial charge in [-0.1, -0.05) is 0 Å². The molecular weight excluding hydrogens is 268 g/mol. The molecule has 0 saturated heterocycles. The van der Waals surface area contributed by atoms with Crippen LogP contribution in [-0.2, 0) is 19.1 Å². The van der Waals surface area contributed by atoms with Crippen molar-refractivity contribution in [3.8, 4) is 0 Å². The zero-order chi connectivity index (χ0) is 15.9. The molecule has 0 aromatic heterocycles. The van der Waals surface area contributed by atoms with Crippen molar-refractivity contribution in [1.82, 2.24) is 0 Å². The zero-order valence-corrected chi connectivity index (χ0v) is 13.3. The predicted molar refractivity (Wildman–Crippen MR) is 80.1 cm³/mol. The van der Waals surface area contributed by atoms with E-state index in [-0.39, 0.29) is 0 Å². The number of carbonyl (C=O) groups is 2. The Kier molecular flexibility index (Phi) is 3.90. The Morgan fingerprint density at radius 2 is 1.48 bits per heavy atom. The smallest absolute Gasteiger partial charge is 0.334 e. The summed E-state index contributed by atoms with van der Waals surface area (Å²) in [6.07, 6.45) is 1.76. The lowest BCUT2D eigenvalue weighted by atomic mass is 9.85. The van der Waals surface area contributed by atoms with Gasteiger partial charge in [0.25, 0.3) is 0 Å². The maximum atomic E-state index is 12.2. The van der Waals surface area contributed by atoms with E-state index in [0.29, 0.717) is 5.57 Å². The van der Waals surface area contributed by atoms with Crippen LogP contribution in [0.5, 0.6) is 0 Å². The first kappa shape index (κ1) is 15.3. The summed E-state index contributed by atoms with van der Waals surface area (Å²) in [5, 5.41) is 0. The van der Waals surface area contributed by atoms with Gasteiger partial charge in [0.2, 0.25) is 0 Å². The number of hydrogen-bond acceptors (Lipinski definition) is 4. The summed E-state index contributed by atoms with van der Waals surface area (Å²) < 4.78 is 9.71. The highest BCUT2D eigenvalue weighted by Gasteiger charge is 2.39. The van der Waals surface area contributed by atoms with Gasteiger partial charge >= 0.3 is 11.9 Å². The van der Waals surface area contributed by atoms with Crippen LogP contribution in [-0.4, -0.2) is 26.2 Å². The van der Waals surface area contributed by atoms with Gasteiger partial charge in [0, 0.05) is 0 Å². The highest BCUT2D eigenvalue weighted by atomic mass is 16.5. The number of ether oxygens (including phenoxy) is 2. The molecule has 0 fully saturated rings. The Hall–Kier alpha value is -2.10. The Morgan fingerprint density at radius 3 is 2.00 bits per heavy atom. The van der Waals surface area contributed by atoms with Crippen LogP contribution in [0.25, 0.3) is 6.08 Å². The van der Waals surface area contributed by atoms with Crippen molar-refractivity contribution >= 4 is 18.0 Å². The minimum atomic E-state index is -0.699. The molecule has 0 aliphatic heterocycles. The molecule has 1 aromatic rings. The average molecular weight is 288 g/mol. The maximum Gasteiger partial charge on any atom is 0.334 e. The molecule has 1 aromatic carbocycles. The topological polar surface area (TPSA) is 52.6 Å². The molecule has 21 heavy (non-hydrogen) atoms. The average Bonchev–Trinajstić information content (AvgIpc) is 2.89. The summed E-state index contributed by atoms with van der Waals surface area (Å²) in [6.45, 7) is 8.06. The number of carbonyl (C=O) groups excluding carboxylic acids is 2. The molecule has 4 nitrogen and oxygen atoms in total. The van der Waals surface area contributed by atoms with Crippen molar-refractivity contribution in [2.24, 2.45) is 0 Å². The molecule has 0 spiro atoms. The minimum absolute atomic E-state index is 0.343. The number of methoxy groups -OCH3 is 2. The van der Waals surface area contributed by atoms with Gasteiger partial charge in [0.05, 0.1) is 19.8 Å². The molecule has 1 atom stereocenters. The summed E-state index contributed by atoms with van der Waals surface area (Å²) in [5.41, 5.74) is 6.57. The molecule has 2 rings (SSSR count). The highest BCUT2D eigenvalue weighted by Crippen LogP contribution is 2.43. The van der Waals surface area contributed by atoms with Crippen LogP contribution in [0, 0.1) is 27.7 Å². The van der Waals surface area contributed by atoms with E-state index in [2.05, 4.69) is 6.92 Å². The first-order chi connectivity index (χ1) is 9.84. The van der Waals surface area contributed by atoms with Crippen LogP contribution in [0.1, 0.15) is 39.3 Å². The first-order valence-electron chi connectivity index (χ1n) is 6.83. The summed E-state index contributed by atoms with van der Waals surface area (Å²) in [6, 6.07) is 0. The third-order valence-electron chi connectivity index (χ3n) is 4.54. The van der Waals surface area contributed by atoms with Gasteiger partial charge < -0.3 is 9.47 Å². The molecule has 4 heteroatoms.